The van der Waals surface area contributed by atoms with E-state index in [1.807, 2.05) is 0 Å². The molecule has 0 fully saturated rings. The molecule has 0 spiro atoms. The summed E-state index contributed by atoms with van der Waals surface area (Å²) in [5.74, 6) is 0. The standard InChI is InChI=1S/C15H26N4O/c1-12(2)19(3)11-5-4-10-17-15(20)18-14-8-6-13(16)7-9-14/h6-9,12H,4-5,10-11,16H2,1-3H3,(H2,17,18,20). The maximum Gasteiger partial charge on any atom is 0.319 e. The van der Waals surface area contributed by atoms with E-state index in [2.05, 4.69) is 36.4 Å². The molecule has 0 heterocycles. The zero-order valence-corrected chi connectivity index (χ0v) is 12.6. The van der Waals surface area contributed by atoms with Crippen LogP contribution in [0.1, 0.15) is 26.7 Å². The number of hydrogen-bond acceptors (Lipinski definition) is 3. The Morgan fingerprint density at radius 2 is 1.90 bits per heavy atom. The summed E-state index contributed by atoms with van der Waals surface area (Å²) in [6.07, 6.45) is 2.06. The first-order valence-electron chi connectivity index (χ1n) is 7.09. The highest BCUT2D eigenvalue weighted by Gasteiger charge is 2.03. The molecule has 0 saturated heterocycles. The molecular weight excluding hydrogens is 252 g/mol. The summed E-state index contributed by atoms with van der Waals surface area (Å²) in [5.41, 5.74) is 7.02. The second kappa shape index (κ2) is 8.43. The molecule has 1 aromatic rings. The molecule has 20 heavy (non-hydrogen) atoms. The van der Waals surface area contributed by atoms with E-state index in [-0.39, 0.29) is 6.03 Å². The van der Waals surface area contributed by atoms with Crippen LogP contribution in [0, 0.1) is 0 Å². The Balaban J connectivity index is 2.13. The second-order valence-electron chi connectivity index (χ2n) is 5.28. The van der Waals surface area contributed by atoms with E-state index in [0.717, 1.165) is 25.1 Å². The van der Waals surface area contributed by atoms with Crippen LogP contribution in [-0.2, 0) is 0 Å². The van der Waals surface area contributed by atoms with Gasteiger partial charge in [0.2, 0.25) is 0 Å². The predicted octanol–water partition coefficient (Wildman–Crippen LogP) is 2.51. The highest BCUT2D eigenvalue weighted by atomic mass is 16.2. The van der Waals surface area contributed by atoms with E-state index >= 15 is 0 Å². The number of carbonyl (C=O) groups is 1. The Hall–Kier alpha value is -1.75. The molecule has 1 rings (SSSR count). The fraction of sp³-hybridized carbons (Fsp3) is 0.533. The van der Waals surface area contributed by atoms with Gasteiger partial charge in [0.05, 0.1) is 0 Å². The van der Waals surface area contributed by atoms with Gasteiger partial charge in [-0.3, -0.25) is 0 Å². The summed E-state index contributed by atoms with van der Waals surface area (Å²) in [5, 5.41) is 5.62. The maximum atomic E-state index is 11.6. The van der Waals surface area contributed by atoms with Crippen molar-refractivity contribution < 1.29 is 4.79 Å². The van der Waals surface area contributed by atoms with Crippen molar-refractivity contribution in [1.82, 2.24) is 10.2 Å². The van der Waals surface area contributed by atoms with Crippen molar-refractivity contribution in [2.24, 2.45) is 0 Å². The molecule has 0 bridgehead atoms. The molecule has 0 aliphatic rings. The molecule has 0 radical (unpaired) electrons. The Morgan fingerprint density at radius 1 is 1.25 bits per heavy atom. The monoisotopic (exact) mass is 278 g/mol. The minimum atomic E-state index is -0.174. The molecule has 5 heteroatoms. The molecule has 0 aliphatic carbocycles. The number of hydrogen-bond donors (Lipinski definition) is 3. The lowest BCUT2D eigenvalue weighted by Crippen LogP contribution is -2.31. The van der Waals surface area contributed by atoms with E-state index < -0.39 is 0 Å². The molecule has 112 valence electrons. The number of anilines is 2. The lowest BCUT2D eigenvalue weighted by atomic mass is 10.2. The quantitative estimate of drug-likeness (QED) is 0.530. The lowest BCUT2D eigenvalue weighted by molar-refractivity contribution is 0.250. The van der Waals surface area contributed by atoms with Gasteiger partial charge in [-0.15, -0.1) is 0 Å². The highest BCUT2D eigenvalue weighted by Crippen LogP contribution is 2.09. The number of nitrogens with two attached hydrogens (primary N) is 1. The third-order valence-electron chi connectivity index (χ3n) is 3.27. The Bertz CT molecular complexity index is 403. The number of rotatable bonds is 7. The van der Waals surface area contributed by atoms with E-state index in [1.54, 1.807) is 24.3 Å². The molecule has 0 aliphatic heterocycles. The molecule has 2 amide bonds. The first-order valence-corrected chi connectivity index (χ1v) is 7.09. The van der Waals surface area contributed by atoms with Gasteiger partial charge < -0.3 is 21.3 Å². The number of amides is 2. The topological polar surface area (TPSA) is 70.4 Å². The fourth-order valence-electron chi connectivity index (χ4n) is 1.69. The number of urea groups is 1. The largest absolute Gasteiger partial charge is 0.399 e. The number of nitrogens with one attached hydrogen (secondary N) is 2. The fourth-order valence-corrected chi connectivity index (χ4v) is 1.69. The van der Waals surface area contributed by atoms with Gasteiger partial charge in [-0.25, -0.2) is 4.79 Å². The maximum absolute atomic E-state index is 11.6. The SMILES string of the molecule is CC(C)N(C)CCCCNC(=O)Nc1ccc(N)cc1. The van der Waals surface area contributed by atoms with E-state index in [4.69, 9.17) is 5.73 Å². The summed E-state index contributed by atoms with van der Waals surface area (Å²) >= 11 is 0. The summed E-state index contributed by atoms with van der Waals surface area (Å²) in [6.45, 7) is 6.10. The third kappa shape index (κ3) is 6.43. The number of unbranched alkanes of at least 4 members (excludes halogenated alkanes) is 1. The van der Waals surface area contributed by atoms with Crippen LogP contribution in [0.4, 0.5) is 16.2 Å². The highest BCUT2D eigenvalue weighted by molar-refractivity contribution is 5.89. The first kappa shape index (κ1) is 16.3. The first-order chi connectivity index (χ1) is 9.49. The normalized spacial score (nSPS) is 10.8. The number of nitrogen functional groups attached to an aromatic ring is 1. The minimum Gasteiger partial charge on any atom is -0.399 e. The van der Waals surface area contributed by atoms with Gasteiger partial charge in [0.15, 0.2) is 0 Å². The molecule has 0 saturated carbocycles. The Morgan fingerprint density at radius 3 is 2.50 bits per heavy atom. The predicted molar refractivity (Wildman–Crippen MR) is 84.9 cm³/mol. The average molecular weight is 278 g/mol. The zero-order chi connectivity index (χ0) is 15.0. The van der Waals surface area contributed by atoms with E-state index in [0.29, 0.717) is 18.3 Å². The van der Waals surface area contributed by atoms with Crippen molar-refractivity contribution in [2.75, 3.05) is 31.2 Å². The van der Waals surface area contributed by atoms with Crippen molar-refractivity contribution in [3.63, 3.8) is 0 Å². The van der Waals surface area contributed by atoms with Gasteiger partial charge in [0.25, 0.3) is 0 Å². The smallest absolute Gasteiger partial charge is 0.319 e. The Kier molecular flexibility index (Phi) is 6.87. The molecular formula is C15H26N4O. The summed E-state index contributed by atoms with van der Waals surface area (Å²) in [6, 6.07) is 7.48. The molecule has 5 nitrogen and oxygen atoms in total. The number of carbonyl (C=O) groups excluding carboxylic acids is 1. The van der Waals surface area contributed by atoms with E-state index in [9.17, 15) is 4.79 Å². The van der Waals surface area contributed by atoms with Crippen molar-refractivity contribution in [2.45, 2.75) is 32.7 Å². The van der Waals surface area contributed by atoms with Crippen LogP contribution >= 0.6 is 0 Å². The van der Waals surface area contributed by atoms with Gasteiger partial charge in [0, 0.05) is 24.0 Å². The van der Waals surface area contributed by atoms with Crippen LogP contribution in [0.2, 0.25) is 0 Å². The molecule has 0 unspecified atom stereocenters. The van der Waals surface area contributed by atoms with Crippen LogP contribution in [-0.4, -0.2) is 37.1 Å². The molecule has 1 aromatic carbocycles. The van der Waals surface area contributed by atoms with Crippen LogP contribution in [0.5, 0.6) is 0 Å². The molecule has 0 aromatic heterocycles. The average Bonchev–Trinajstić information content (AvgIpc) is 2.40. The summed E-state index contributed by atoms with van der Waals surface area (Å²) in [4.78, 5) is 13.9. The van der Waals surface area contributed by atoms with Gasteiger partial charge in [0.1, 0.15) is 0 Å². The number of nitrogens with zero attached hydrogens (tertiary/aromatic N) is 1. The lowest BCUT2D eigenvalue weighted by Gasteiger charge is -2.20. The zero-order valence-electron chi connectivity index (χ0n) is 12.6. The second-order valence-corrected chi connectivity index (χ2v) is 5.28. The van der Waals surface area contributed by atoms with Crippen LogP contribution in [0.15, 0.2) is 24.3 Å². The van der Waals surface area contributed by atoms with Gasteiger partial charge in [-0.05, 0) is 64.5 Å². The van der Waals surface area contributed by atoms with Crippen LogP contribution in [0.3, 0.4) is 0 Å². The molecule has 4 N–H and O–H groups in total. The van der Waals surface area contributed by atoms with Gasteiger partial charge >= 0.3 is 6.03 Å². The van der Waals surface area contributed by atoms with Crippen molar-refractivity contribution in [1.29, 1.82) is 0 Å². The summed E-state index contributed by atoms with van der Waals surface area (Å²) < 4.78 is 0. The Labute approximate surface area is 121 Å². The van der Waals surface area contributed by atoms with Crippen molar-refractivity contribution >= 4 is 17.4 Å². The van der Waals surface area contributed by atoms with Crippen molar-refractivity contribution in [3.8, 4) is 0 Å². The van der Waals surface area contributed by atoms with Crippen LogP contribution < -0.4 is 16.4 Å². The van der Waals surface area contributed by atoms with E-state index in [1.165, 1.54) is 0 Å². The number of benzene rings is 1. The molecule has 0 atom stereocenters. The minimum absolute atomic E-state index is 0.174. The van der Waals surface area contributed by atoms with Crippen LogP contribution in [0.25, 0.3) is 0 Å². The third-order valence-corrected chi connectivity index (χ3v) is 3.27. The van der Waals surface area contributed by atoms with Gasteiger partial charge in [-0.2, -0.15) is 0 Å². The summed E-state index contributed by atoms with van der Waals surface area (Å²) in [7, 11) is 2.12. The van der Waals surface area contributed by atoms with Crippen molar-refractivity contribution in [3.05, 3.63) is 24.3 Å². The van der Waals surface area contributed by atoms with Gasteiger partial charge in [-0.1, -0.05) is 0 Å².